The van der Waals surface area contributed by atoms with Gasteiger partial charge < -0.3 is 5.43 Å². The van der Waals surface area contributed by atoms with E-state index < -0.39 is 0 Å². The zero-order valence-electron chi connectivity index (χ0n) is 24.2. The van der Waals surface area contributed by atoms with E-state index in [4.69, 9.17) is 0 Å². The maximum Gasteiger partial charge on any atom is 0.0840 e. The fourth-order valence-corrected chi connectivity index (χ4v) is 5.10. The summed E-state index contributed by atoms with van der Waals surface area (Å²) in [6, 6.07) is 24.4. The highest BCUT2D eigenvalue weighted by atomic mass is 15.7. The Morgan fingerprint density at radius 3 is 2.18 bits per heavy atom. The Hall–Kier alpha value is -3.82. The third-order valence-electron chi connectivity index (χ3n) is 7.12. The summed E-state index contributed by atoms with van der Waals surface area (Å²) in [6.07, 6.45) is 16.8. The first kappa shape index (κ1) is 28.2. The summed E-state index contributed by atoms with van der Waals surface area (Å²) in [6.45, 7) is 10.1. The lowest BCUT2D eigenvalue weighted by molar-refractivity contribution is 0.680. The maximum absolute atomic E-state index is 3.37. The molecule has 6 rings (SSSR count). The van der Waals surface area contributed by atoms with Gasteiger partial charge in [0.15, 0.2) is 0 Å². The number of hydrogen-bond acceptors (Lipinski definition) is 3. The van der Waals surface area contributed by atoms with Crippen LogP contribution in [0.4, 0.5) is 5.69 Å². The number of anilines is 1. The first-order valence-corrected chi connectivity index (χ1v) is 14.6. The SMILES string of the molecule is CC.CC.Cc1ccc(/C=C/c2ccc(CC3=CCC=C4NNN(c5ccc6c(c5)CCC6)C4=C3)cc2)cc1.[HH]. The minimum Gasteiger partial charge on any atom is -0.302 e. The van der Waals surface area contributed by atoms with Crippen molar-refractivity contribution in [1.82, 2.24) is 11.0 Å². The first-order chi connectivity index (χ1) is 19.2. The van der Waals surface area contributed by atoms with Crippen LogP contribution in [0.5, 0.6) is 0 Å². The van der Waals surface area contributed by atoms with Gasteiger partial charge in [-0.15, -0.1) is 5.53 Å². The van der Waals surface area contributed by atoms with E-state index in [1.54, 1.807) is 0 Å². The average Bonchev–Trinajstić information content (AvgIpc) is 3.57. The molecule has 2 N–H and O–H groups in total. The van der Waals surface area contributed by atoms with Crippen molar-refractivity contribution in [3.63, 3.8) is 0 Å². The van der Waals surface area contributed by atoms with Gasteiger partial charge in [0.2, 0.25) is 0 Å². The maximum atomic E-state index is 3.37. The van der Waals surface area contributed by atoms with Gasteiger partial charge in [-0.3, -0.25) is 5.01 Å². The van der Waals surface area contributed by atoms with Gasteiger partial charge in [-0.2, -0.15) is 0 Å². The van der Waals surface area contributed by atoms with Crippen LogP contribution in [0.15, 0.2) is 102 Å². The Morgan fingerprint density at radius 2 is 1.46 bits per heavy atom. The topological polar surface area (TPSA) is 27.3 Å². The fraction of sp³-hybridized carbons (Fsp3) is 0.278. The third-order valence-corrected chi connectivity index (χ3v) is 7.12. The monoisotopic (exact) mass is 519 g/mol. The van der Waals surface area contributed by atoms with Crippen LogP contribution < -0.4 is 16.0 Å². The first-order valence-electron chi connectivity index (χ1n) is 14.6. The van der Waals surface area contributed by atoms with Gasteiger partial charge in [-0.25, -0.2) is 0 Å². The summed E-state index contributed by atoms with van der Waals surface area (Å²) in [7, 11) is 0. The van der Waals surface area contributed by atoms with Crippen LogP contribution in [-0.4, -0.2) is 0 Å². The molecule has 0 radical (unpaired) electrons. The number of aryl methyl sites for hydroxylation is 3. The Labute approximate surface area is 237 Å². The van der Waals surface area contributed by atoms with Crippen molar-refractivity contribution in [2.45, 2.75) is 66.7 Å². The van der Waals surface area contributed by atoms with Crippen molar-refractivity contribution >= 4 is 17.8 Å². The Kier molecular flexibility index (Phi) is 9.99. The summed E-state index contributed by atoms with van der Waals surface area (Å²) in [5.74, 6) is 0. The quantitative estimate of drug-likeness (QED) is 0.329. The normalized spacial score (nSPS) is 15.4. The van der Waals surface area contributed by atoms with Crippen molar-refractivity contribution < 1.29 is 1.43 Å². The van der Waals surface area contributed by atoms with Crippen LogP contribution in [0.25, 0.3) is 12.2 Å². The van der Waals surface area contributed by atoms with Crippen molar-refractivity contribution in [3.8, 4) is 0 Å². The summed E-state index contributed by atoms with van der Waals surface area (Å²) in [4.78, 5) is 0. The van der Waals surface area contributed by atoms with E-state index in [0.717, 1.165) is 18.5 Å². The second-order valence-corrected chi connectivity index (χ2v) is 9.70. The van der Waals surface area contributed by atoms with Gasteiger partial charge in [-0.1, -0.05) is 112 Å². The predicted molar refractivity (Wildman–Crippen MR) is 171 cm³/mol. The van der Waals surface area contributed by atoms with E-state index in [0.29, 0.717) is 0 Å². The molecular formula is C36H45N3. The summed E-state index contributed by atoms with van der Waals surface area (Å²) in [5.41, 5.74) is 19.7. The van der Waals surface area contributed by atoms with E-state index in [1.165, 1.54) is 69.6 Å². The van der Waals surface area contributed by atoms with E-state index in [1.807, 2.05) is 27.7 Å². The highest BCUT2D eigenvalue weighted by Gasteiger charge is 2.25. The summed E-state index contributed by atoms with van der Waals surface area (Å²) in [5, 5.41) is 2.18. The molecule has 0 amide bonds. The molecule has 3 aromatic carbocycles. The van der Waals surface area contributed by atoms with Gasteiger partial charge in [-0.05, 0) is 90.6 Å². The van der Waals surface area contributed by atoms with Crippen molar-refractivity contribution in [2.75, 3.05) is 5.01 Å². The van der Waals surface area contributed by atoms with E-state index in [9.17, 15) is 0 Å². The molecule has 1 fully saturated rings. The molecule has 0 spiro atoms. The molecule has 204 valence electrons. The number of nitrogens with one attached hydrogen (secondary N) is 2. The second kappa shape index (κ2) is 13.8. The Balaban J connectivity index is 0.000000846. The van der Waals surface area contributed by atoms with Crippen molar-refractivity contribution in [2.24, 2.45) is 0 Å². The van der Waals surface area contributed by atoms with Gasteiger partial charge >= 0.3 is 0 Å². The number of rotatable bonds is 5. The fourth-order valence-electron chi connectivity index (χ4n) is 5.10. The molecule has 3 aromatic rings. The zero-order valence-corrected chi connectivity index (χ0v) is 24.2. The smallest absolute Gasteiger partial charge is 0.0840 e. The van der Waals surface area contributed by atoms with Gasteiger partial charge in [0.25, 0.3) is 0 Å². The Morgan fingerprint density at radius 1 is 0.795 bits per heavy atom. The molecule has 1 saturated heterocycles. The van der Waals surface area contributed by atoms with Gasteiger partial charge in [0, 0.05) is 1.43 Å². The number of hydrogen-bond donors (Lipinski definition) is 2. The van der Waals surface area contributed by atoms with Gasteiger partial charge in [0.05, 0.1) is 17.1 Å². The molecule has 2 aliphatic carbocycles. The van der Waals surface area contributed by atoms with Gasteiger partial charge in [0.1, 0.15) is 0 Å². The van der Waals surface area contributed by atoms with Crippen molar-refractivity contribution in [3.05, 3.63) is 135 Å². The number of hydrazine groups is 2. The second-order valence-electron chi connectivity index (χ2n) is 9.70. The zero-order chi connectivity index (χ0) is 27.6. The molecule has 39 heavy (non-hydrogen) atoms. The highest BCUT2D eigenvalue weighted by Crippen LogP contribution is 2.32. The predicted octanol–water partition coefficient (Wildman–Crippen LogP) is 9.12. The molecule has 0 saturated carbocycles. The molecule has 3 heteroatoms. The van der Waals surface area contributed by atoms with E-state index >= 15 is 0 Å². The van der Waals surface area contributed by atoms with E-state index in [2.05, 4.69) is 120 Å². The highest BCUT2D eigenvalue weighted by molar-refractivity contribution is 5.70. The van der Waals surface area contributed by atoms with Crippen LogP contribution in [0.2, 0.25) is 0 Å². The van der Waals surface area contributed by atoms with Crippen molar-refractivity contribution in [1.29, 1.82) is 0 Å². The minimum absolute atomic E-state index is 0. The van der Waals surface area contributed by atoms with E-state index in [-0.39, 0.29) is 1.43 Å². The minimum atomic E-state index is 0. The summed E-state index contributed by atoms with van der Waals surface area (Å²) < 4.78 is 0. The third kappa shape index (κ3) is 6.99. The number of benzene rings is 3. The van der Waals surface area contributed by atoms with Crippen LogP contribution in [0.3, 0.4) is 0 Å². The lowest BCUT2D eigenvalue weighted by Crippen LogP contribution is -2.35. The molecule has 0 aromatic heterocycles. The Bertz CT molecular complexity index is 1360. The lowest BCUT2D eigenvalue weighted by Gasteiger charge is -2.19. The van der Waals surface area contributed by atoms with Crippen LogP contribution >= 0.6 is 0 Å². The average molecular weight is 520 g/mol. The molecule has 0 unspecified atom stereocenters. The molecule has 0 atom stereocenters. The molecule has 3 aliphatic rings. The van der Waals surface area contributed by atoms with Crippen LogP contribution in [-0.2, 0) is 19.3 Å². The number of fused-ring (bicyclic) bond motifs is 2. The summed E-state index contributed by atoms with van der Waals surface area (Å²) >= 11 is 0. The largest absolute Gasteiger partial charge is 0.302 e. The molecule has 3 nitrogen and oxygen atoms in total. The van der Waals surface area contributed by atoms with Crippen LogP contribution in [0, 0.1) is 6.92 Å². The molecular weight excluding hydrogens is 474 g/mol. The number of allylic oxidation sites excluding steroid dienone is 4. The molecule has 1 heterocycles. The van der Waals surface area contributed by atoms with Crippen LogP contribution in [0.1, 0.15) is 75.3 Å². The molecule has 0 bridgehead atoms. The number of nitrogens with zero attached hydrogens (tertiary/aromatic N) is 1. The molecule has 1 aliphatic heterocycles. The standard InChI is InChI=1S/C32H31N3.2C2H6.H2/c1-23-8-10-24(11-9-23)12-13-25-14-16-26(17-15-25)20-27-4-2-7-31-32(21-27)35(34-33-31)30-19-18-28-5-3-6-29(28)22-30;2*1-2;/h4,7-19,21-22,33-34H,2-3,5-6,20H2,1H3;2*1-2H3;1H/b13-12+;;;. The lowest BCUT2D eigenvalue weighted by atomic mass is 10.0.